The fourth-order valence-corrected chi connectivity index (χ4v) is 3.69. The van der Waals surface area contributed by atoms with Crippen LogP contribution < -0.4 is 0 Å². The van der Waals surface area contributed by atoms with Gasteiger partial charge in [-0.25, -0.2) is 4.79 Å². The first-order valence-corrected chi connectivity index (χ1v) is 9.27. The predicted octanol–water partition coefficient (Wildman–Crippen LogP) is 4.47. The SMILES string of the molecule is COC(=O)c1ccc(CN2C(=O)S/C(=C\c3cccc(Br)c3)C2=O)cc1. The van der Waals surface area contributed by atoms with Gasteiger partial charge in [-0.3, -0.25) is 14.5 Å². The minimum absolute atomic E-state index is 0.155. The number of imide groups is 1. The van der Waals surface area contributed by atoms with E-state index in [9.17, 15) is 14.4 Å². The van der Waals surface area contributed by atoms with Crippen LogP contribution in [0.3, 0.4) is 0 Å². The summed E-state index contributed by atoms with van der Waals surface area (Å²) in [5.41, 5.74) is 2.01. The molecule has 0 N–H and O–H groups in total. The van der Waals surface area contributed by atoms with Crippen molar-refractivity contribution in [3.05, 3.63) is 74.6 Å². The minimum Gasteiger partial charge on any atom is -0.465 e. The van der Waals surface area contributed by atoms with Crippen LogP contribution in [0.5, 0.6) is 0 Å². The number of hydrogen-bond donors (Lipinski definition) is 0. The van der Waals surface area contributed by atoms with E-state index in [0.717, 1.165) is 27.4 Å². The van der Waals surface area contributed by atoms with Gasteiger partial charge in [0.05, 0.1) is 24.1 Å². The number of thioether (sulfide) groups is 1. The molecule has 5 nitrogen and oxygen atoms in total. The van der Waals surface area contributed by atoms with Crippen molar-refractivity contribution in [3.8, 4) is 0 Å². The number of benzene rings is 2. The number of hydrogen-bond acceptors (Lipinski definition) is 5. The third-order valence-corrected chi connectivity index (χ3v) is 5.14. The fourth-order valence-electron chi connectivity index (χ4n) is 2.43. The second kappa shape index (κ2) is 7.88. The lowest BCUT2D eigenvalue weighted by Crippen LogP contribution is -2.27. The first-order valence-electron chi connectivity index (χ1n) is 7.66. The standard InChI is InChI=1S/C19H14BrNO4S/c1-25-18(23)14-7-5-12(6-8-14)11-21-17(22)16(26-19(21)24)10-13-3-2-4-15(20)9-13/h2-10H,11H2,1H3/b16-10-. The third kappa shape index (κ3) is 4.05. The minimum atomic E-state index is -0.431. The zero-order valence-corrected chi connectivity index (χ0v) is 16.2. The lowest BCUT2D eigenvalue weighted by Gasteiger charge is -2.12. The summed E-state index contributed by atoms with van der Waals surface area (Å²) in [5.74, 6) is -0.753. The Bertz CT molecular complexity index is 908. The van der Waals surface area contributed by atoms with Crippen LogP contribution >= 0.6 is 27.7 Å². The monoisotopic (exact) mass is 431 g/mol. The molecule has 7 heteroatoms. The maximum Gasteiger partial charge on any atom is 0.337 e. The van der Waals surface area contributed by atoms with E-state index in [-0.39, 0.29) is 17.7 Å². The Morgan fingerprint density at radius 2 is 1.92 bits per heavy atom. The molecule has 2 amide bonds. The van der Waals surface area contributed by atoms with Gasteiger partial charge in [-0.15, -0.1) is 0 Å². The summed E-state index contributed by atoms with van der Waals surface area (Å²) in [6.45, 7) is 0.155. The van der Waals surface area contributed by atoms with Gasteiger partial charge in [-0.1, -0.05) is 40.2 Å². The van der Waals surface area contributed by atoms with Crippen LogP contribution in [0.25, 0.3) is 6.08 Å². The van der Waals surface area contributed by atoms with Crippen molar-refractivity contribution < 1.29 is 19.1 Å². The third-order valence-electron chi connectivity index (χ3n) is 3.74. The van der Waals surface area contributed by atoms with Gasteiger partial charge in [0.25, 0.3) is 11.1 Å². The smallest absolute Gasteiger partial charge is 0.337 e. The molecule has 0 aliphatic carbocycles. The predicted molar refractivity (Wildman–Crippen MR) is 103 cm³/mol. The Balaban J connectivity index is 1.76. The molecule has 2 aromatic rings. The number of carbonyl (C=O) groups is 3. The molecule has 132 valence electrons. The summed E-state index contributed by atoms with van der Waals surface area (Å²) < 4.78 is 5.55. The number of amides is 2. The van der Waals surface area contributed by atoms with Gasteiger partial charge in [0.2, 0.25) is 0 Å². The molecule has 0 bridgehead atoms. The van der Waals surface area contributed by atoms with Gasteiger partial charge >= 0.3 is 5.97 Å². The Labute approximate surface area is 163 Å². The highest BCUT2D eigenvalue weighted by Crippen LogP contribution is 2.33. The zero-order valence-electron chi connectivity index (χ0n) is 13.8. The number of methoxy groups -OCH3 is 1. The van der Waals surface area contributed by atoms with Crippen LogP contribution in [-0.2, 0) is 16.1 Å². The van der Waals surface area contributed by atoms with E-state index in [1.165, 1.54) is 12.0 Å². The first-order chi connectivity index (χ1) is 12.5. The molecule has 0 saturated carbocycles. The summed E-state index contributed by atoms with van der Waals surface area (Å²) in [7, 11) is 1.31. The number of halogens is 1. The van der Waals surface area contributed by atoms with E-state index in [0.29, 0.717) is 10.5 Å². The fraction of sp³-hybridized carbons (Fsp3) is 0.105. The summed E-state index contributed by atoms with van der Waals surface area (Å²) in [4.78, 5) is 37.8. The average molecular weight is 432 g/mol. The van der Waals surface area contributed by atoms with Crippen LogP contribution in [0.1, 0.15) is 21.5 Å². The van der Waals surface area contributed by atoms with Crippen molar-refractivity contribution in [3.63, 3.8) is 0 Å². The van der Waals surface area contributed by atoms with Crippen molar-refractivity contribution in [1.82, 2.24) is 4.90 Å². The van der Waals surface area contributed by atoms with E-state index in [1.807, 2.05) is 24.3 Å². The van der Waals surface area contributed by atoms with Crippen molar-refractivity contribution in [2.45, 2.75) is 6.54 Å². The molecule has 1 saturated heterocycles. The summed E-state index contributed by atoms with van der Waals surface area (Å²) in [6.07, 6.45) is 1.70. The average Bonchev–Trinajstić information content (AvgIpc) is 2.89. The molecule has 0 unspecified atom stereocenters. The topological polar surface area (TPSA) is 63.7 Å². The zero-order chi connectivity index (χ0) is 18.7. The van der Waals surface area contributed by atoms with Crippen molar-refractivity contribution >= 4 is 50.9 Å². The normalized spacial score (nSPS) is 15.6. The Morgan fingerprint density at radius 1 is 1.19 bits per heavy atom. The molecule has 0 radical (unpaired) electrons. The van der Waals surface area contributed by atoms with Crippen LogP contribution in [0.4, 0.5) is 4.79 Å². The molecule has 1 aliphatic rings. The van der Waals surface area contributed by atoms with Gasteiger partial charge in [0, 0.05) is 4.47 Å². The van der Waals surface area contributed by atoms with Gasteiger partial charge in [0.1, 0.15) is 0 Å². The van der Waals surface area contributed by atoms with E-state index in [1.54, 1.807) is 30.3 Å². The van der Waals surface area contributed by atoms with Crippen molar-refractivity contribution in [2.75, 3.05) is 7.11 Å². The number of nitrogens with zero attached hydrogens (tertiary/aromatic N) is 1. The molecule has 3 rings (SSSR count). The lowest BCUT2D eigenvalue weighted by atomic mass is 10.1. The lowest BCUT2D eigenvalue weighted by molar-refractivity contribution is -0.123. The maximum absolute atomic E-state index is 12.6. The van der Waals surface area contributed by atoms with Gasteiger partial charge in [-0.05, 0) is 53.2 Å². The van der Waals surface area contributed by atoms with Crippen LogP contribution in [0.2, 0.25) is 0 Å². The van der Waals surface area contributed by atoms with E-state index < -0.39 is 5.97 Å². The molecule has 0 atom stereocenters. The number of ether oxygens (including phenoxy) is 1. The molecule has 1 fully saturated rings. The quantitative estimate of drug-likeness (QED) is 0.527. The molecule has 1 aliphatic heterocycles. The second-order valence-electron chi connectivity index (χ2n) is 5.51. The van der Waals surface area contributed by atoms with E-state index in [4.69, 9.17) is 0 Å². The van der Waals surface area contributed by atoms with E-state index in [2.05, 4.69) is 20.7 Å². The van der Waals surface area contributed by atoms with Crippen LogP contribution in [-0.4, -0.2) is 29.1 Å². The number of rotatable bonds is 4. The van der Waals surface area contributed by atoms with E-state index >= 15 is 0 Å². The van der Waals surface area contributed by atoms with Gasteiger partial charge in [0.15, 0.2) is 0 Å². The van der Waals surface area contributed by atoms with Gasteiger partial charge in [-0.2, -0.15) is 0 Å². The summed E-state index contributed by atoms with van der Waals surface area (Å²) in [5, 5.41) is -0.312. The van der Waals surface area contributed by atoms with Gasteiger partial charge < -0.3 is 4.74 Å². The molecule has 26 heavy (non-hydrogen) atoms. The molecular weight excluding hydrogens is 418 g/mol. The van der Waals surface area contributed by atoms with Crippen LogP contribution in [0, 0.1) is 0 Å². The summed E-state index contributed by atoms with van der Waals surface area (Å²) >= 11 is 4.31. The highest BCUT2D eigenvalue weighted by atomic mass is 79.9. The molecule has 0 aromatic heterocycles. The molecule has 0 spiro atoms. The highest BCUT2D eigenvalue weighted by Gasteiger charge is 2.34. The Hall–Kier alpha value is -2.38. The molecule has 1 heterocycles. The first kappa shape index (κ1) is 18.4. The summed E-state index contributed by atoms with van der Waals surface area (Å²) in [6, 6.07) is 14.1. The van der Waals surface area contributed by atoms with Crippen molar-refractivity contribution in [1.29, 1.82) is 0 Å². The Morgan fingerprint density at radius 3 is 2.58 bits per heavy atom. The second-order valence-corrected chi connectivity index (χ2v) is 7.42. The maximum atomic E-state index is 12.6. The molecular formula is C19H14BrNO4S. The van der Waals surface area contributed by atoms with Crippen LogP contribution in [0.15, 0.2) is 57.9 Å². The largest absolute Gasteiger partial charge is 0.465 e. The number of carbonyl (C=O) groups excluding carboxylic acids is 3. The van der Waals surface area contributed by atoms with Crippen molar-refractivity contribution in [2.24, 2.45) is 0 Å². The Kier molecular flexibility index (Phi) is 5.58. The molecule has 2 aromatic carbocycles. The highest BCUT2D eigenvalue weighted by molar-refractivity contribution is 9.10. The number of esters is 1.